The number of hydrogen-bond donors (Lipinski definition) is 0. The standard InChI is InChI=1S/C15H22BrFO/c1-2-3-8-18-9-7-14(12-16)10-13-5-4-6-15(17)11-13/h4-6,11,14H,2-3,7-10,12H2,1H3. The van der Waals surface area contributed by atoms with Gasteiger partial charge in [0.15, 0.2) is 0 Å². The molecule has 0 aliphatic carbocycles. The van der Waals surface area contributed by atoms with Crippen molar-refractivity contribution in [3.8, 4) is 0 Å². The topological polar surface area (TPSA) is 9.23 Å². The summed E-state index contributed by atoms with van der Waals surface area (Å²) >= 11 is 3.53. The summed E-state index contributed by atoms with van der Waals surface area (Å²) < 4.78 is 18.6. The van der Waals surface area contributed by atoms with Crippen LogP contribution in [0.3, 0.4) is 0 Å². The molecule has 18 heavy (non-hydrogen) atoms. The molecule has 1 atom stereocenters. The fourth-order valence-corrected chi connectivity index (χ4v) is 2.38. The van der Waals surface area contributed by atoms with Gasteiger partial charge in [-0.1, -0.05) is 41.4 Å². The molecule has 0 saturated heterocycles. The van der Waals surface area contributed by atoms with Crippen LogP contribution < -0.4 is 0 Å². The number of alkyl halides is 1. The van der Waals surface area contributed by atoms with Gasteiger partial charge in [-0.05, 0) is 42.9 Å². The first-order valence-corrected chi connectivity index (χ1v) is 7.76. The first kappa shape index (κ1) is 15.6. The Morgan fingerprint density at radius 2 is 2.17 bits per heavy atom. The predicted molar refractivity (Wildman–Crippen MR) is 77.7 cm³/mol. The van der Waals surface area contributed by atoms with E-state index in [4.69, 9.17) is 4.74 Å². The van der Waals surface area contributed by atoms with Crippen LogP contribution in [0.4, 0.5) is 4.39 Å². The molecule has 0 spiro atoms. The smallest absolute Gasteiger partial charge is 0.123 e. The molecule has 0 aliphatic rings. The van der Waals surface area contributed by atoms with E-state index >= 15 is 0 Å². The van der Waals surface area contributed by atoms with Crippen molar-refractivity contribution in [3.05, 3.63) is 35.6 Å². The number of hydrogen-bond acceptors (Lipinski definition) is 1. The predicted octanol–water partition coefficient (Wildman–Crippen LogP) is 4.59. The summed E-state index contributed by atoms with van der Waals surface area (Å²) in [6, 6.07) is 6.86. The molecule has 0 aliphatic heterocycles. The maximum Gasteiger partial charge on any atom is 0.123 e. The summed E-state index contributed by atoms with van der Waals surface area (Å²) in [7, 11) is 0. The minimum atomic E-state index is -0.153. The van der Waals surface area contributed by atoms with Crippen LogP contribution in [0.2, 0.25) is 0 Å². The van der Waals surface area contributed by atoms with Gasteiger partial charge in [0.2, 0.25) is 0 Å². The molecule has 0 radical (unpaired) electrons. The molecular formula is C15H22BrFO. The van der Waals surface area contributed by atoms with Gasteiger partial charge in [0.1, 0.15) is 5.82 Å². The highest BCUT2D eigenvalue weighted by molar-refractivity contribution is 9.09. The van der Waals surface area contributed by atoms with Crippen molar-refractivity contribution in [1.82, 2.24) is 0 Å². The summed E-state index contributed by atoms with van der Waals surface area (Å²) in [5, 5.41) is 0.931. The van der Waals surface area contributed by atoms with E-state index in [-0.39, 0.29) is 5.82 Å². The zero-order valence-electron chi connectivity index (χ0n) is 11.0. The Kier molecular flexibility index (Phi) is 8.27. The maximum absolute atomic E-state index is 13.1. The third-order valence-corrected chi connectivity index (χ3v) is 3.86. The van der Waals surface area contributed by atoms with Crippen LogP contribution in [0.25, 0.3) is 0 Å². The summed E-state index contributed by atoms with van der Waals surface area (Å²) in [5.41, 5.74) is 1.06. The quantitative estimate of drug-likeness (QED) is 0.478. The molecule has 3 heteroatoms. The normalized spacial score (nSPS) is 12.6. The average molecular weight is 317 g/mol. The Bertz CT molecular complexity index is 330. The zero-order valence-corrected chi connectivity index (χ0v) is 12.6. The molecule has 1 nitrogen and oxygen atoms in total. The molecule has 0 N–H and O–H groups in total. The Balaban J connectivity index is 2.28. The third-order valence-electron chi connectivity index (χ3n) is 2.94. The van der Waals surface area contributed by atoms with E-state index in [1.165, 1.54) is 12.5 Å². The van der Waals surface area contributed by atoms with Crippen LogP contribution in [-0.4, -0.2) is 18.5 Å². The van der Waals surface area contributed by atoms with Crippen LogP contribution in [0.5, 0.6) is 0 Å². The van der Waals surface area contributed by atoms with Gasteiger partial charge >= 0.3 is 0 Å². The van der Waals surface area contributed by atoms with Crippen molar-refractivity contribution in [2.75, 3.05) is 18.5 Å². The first-order valence-electron chi connectivity index (χ1n) is 6.64. The van der Waals surface area contributed by atoms with E-state index in [9.17, 15) is 4.39 Å². The van der Waals surface area contributed by atoms with Crippen molar-refractivity contribution in [1.29, 1.82) is 0 Å². The molecule has 1 rings (SSSR count). The second-order valence-electron chi connectivity index (χ2n) is 4.61. The number of unbranched alkanes of at least 4 members (excludes halogenated alkanes) is 1. The summed E-state index contributed by atoms with van der Waals surface area (Å²) in [4.78, 5) is 0. The summed E-state index contributed by atoms with van der Waals surface area (Å²) in [5.74, 6) is 0.355. The lowest BCUT2D eigenvalue weighted by molar-refractivity contribution is 0.120. The Morgan fingerprint density at radius 1 is 1.33 bits per heavy atom. The summed E-state index contributed by atoms with van der Waals surface area (Å²) in [6.45, 7) is 3.81. The largest absolute Gasteiger partial charge is 0.381 e. The van der Waals surface area contributed by atoms with Gasteiger partial charge in [-0.25, -0.2) is 4.39 Å². The number of rotatable bonds is 9. The lowest BCUT2D eigenvalue weighted by Gasteiger charge is -2.14. The Morgan fingerprint density at radius 3 is 2.83 bits per heavy atom. The molecule has 0 fully saturated rings. The minimum Gasteiger partial charge on any atom is -0.381 e. The molecule has 0 bridgehead atoms. The number of ether oxygens (including phenoxy) is 1. The number of halogens is 2. The van der Waals surface area contributed by atoms with Gasteiger partial charge in [0, 0.05) is 18.5 Å². The van der Waals surface area contributed by atoms with Gasteiger partial charge < -0.3 is 4.74 Å². The van der Waals surface area contributed by atoms with Crippen LogP contribution in [0, 0.1) is 11.7 Å². The second kappa shape index (κ2) is 9.51. The SMILES string of the molecule is CCCCOCCC(CBr)Cc1cccc(F)c1. The zero-order chi connectivity index (χ0) is 13.2. The highest BCUT2D eigenvalue weighted by atomic mass is 79.9. The van der Waals surface area contributed by atoms with E-state index in [0.29, 0.717) is 5.92 Å². The maximum atomic E-state index is 13.1. The molecule has 0 heterocycles. The molecule has 0 saturated carbocycles. The molecular weight excluding hydrogens is 295 g/mol. The minimum absolute atomic E-state index is 0.153. The fourth-order valence-electron chi connectivity index (χ4n) is 1.83. The van der Waals surface area contributed by atoms with E-state index < -0.39 is 0 Å². The van der Waals surface area contributed by atoms with E-state index in [0.717, 1.165) is 43.4 Å². The van der Waals surface area contributed by atoms with Crippen molar-refractivity contribution in [2.45, 2.75) is 32.6 Å². The third kappa shape index (κ3) is 6.50. The van der Waals surface area contributed by atoms with Crippen molar-refractivity contribution >= 4 is 15.9 Å². The fraction of sp³-hybridized carbons (Fsp3) is 0.600. The lowest BCUT2D eigenvalue weighted by atomic mass is 9.98. The first-order chi connectivity index (χ1) is 8.76. The molecule has 1 aromatic rings. The molecule has 0 aromatic heterocycles. The van der Waals surface area contributed by atoms with Crippen molar-refractivity contribution in [2.24, 2.45) is 5.92 Å². The van der Waals surface area contributed by atoms with Crippen LogP contribution in [0.1, 0.15) is 31.7 Å². The van der Waals surface area contributed by atoms with Gasteiger partial charge in [0.25, 0.3) is 0 Å². The molecule has 1 aromatic carbocycles. The molecule has 102 valence electrons. The molecule has 0 amide bonds. The van der Waals surface area contributed by atoms with Crippen LogP contribution >= 0.6 is 15.9 Å². The monoisotopic (exact) mass is 316 g/mol. The van der Waals surface area contributed by atoms with E-state index in [2.05, 4.69) is 22.9 Å². The number of benzene rings is 1. The average Bonchev–Trinajstić information content (AvgIpc) is 2.37. The van der Waals surface area contributed by atoms with Gasteiger partial charge in [-0.15, -0.1) is 0 Å². The lowest BCUT2D eigenvalue weighted by Crippen LogP contribution is -2.10. The highest BCUT2D eigenvalue weighted by Gasteiger charge is 2.08. The van der Waals surface area contributed by atoms with Gasteiger partial charge in [-0.3, -0.25) is 0 Å². The van der Waals surface area contributed by atoms with Gasteiger partial charge in [-0.2, -0.15) is 0 Å². The molecule has 1 unspecified atom stereocenters. The van der Waals surface area contributed by atoms with E-state index in [1.807, 2.05) is 6.07 Å². The van der Waals surface area contributed by atoms with Crippen molar-refractivity contribution < 1.29 is 9.13 Å². The Labute approximate surface area is 118 Å². The van der Waals surface area contributed by atoms with Crippen LogP contribution in [-0.2, 0) is 11.2 Å². The van der Waals surface area contributed by atoms with E-state index in [1.54, 1.807) is 12.1 Å². The highest BCUT2D eigenvalue weighted by Crippen LogP contribution is 2.16. The Hall–Kier alpha value is -0.410. The van der Waals surface area contributed by atoms with Crippen molar-refractivity contribution in [3.63, 3.8) is 0 Å². The summed E-state index contributed by atoms with van der Waals surface area (Å²) in [6.07, 6.45) is 4.22. The second-order valence-corrected chi connectivity index (χ2v) is 5.26. The van der Waals surface area contributed by atoms with Crippen LogP contribution in [0.15, 0.2) is 24.3 Å². The van der Waals surface area contributed by atoms with Gasteiger partial charge in [0.05, 0.1) is 0 Å².